The van der Waals surface area contributed by atoms with Crippen LogP contribution in [0.4, 0.5) is 0 Å². The Morgan fingerprint density at radius 1 is 1.23 bits per heavy atom. The lowest BCUT2D eigenvalue weighted by atomic mass is 10.3. The van der Waals surface area contributed by atoms with Gasteiger partial charge in [0.15, 0.2) is 0 Å². The largest absolute Gasteiger partial charge is 0.605 e. The molecule has 2 atom stereocenters. The van der Waals surface area contributed by atoms with Gasteiger partial charge in [0.1, 0.15) is 5.75 Å². The van der Waals surface area contributed by atoms with E-state index in [2.05, 4.69) is 20.8 Å². The van der Waals surface area contributed by atoms with E-state index in [0.717, 1.165) is 12.2 Å². The quantitative estimate of drug-likeness (QED) is 0.354. The van der Waals surface area contributed by atoms with Crippen molar-refractivity contribution >= 4 is 21.0 Å². The molecule has 2 unspecified atom stereocenters. The second-order valence-electron chi connectivity index (χ2n) is 3.41. The van der Waals surface area contributed by atoms with Gasteiger partial charge >= 0.3 is 0 Å². The summed E-state index contributed by atoms with van der Waals surface area (Å²) >= 11 is 0. The van der Waals surface area contributed by atoms with Gasteiger partial charge in [-0.2, -0.15) is 0 Å². The summed E-state index contributed by atoms with van der Waals surface area (Å²) in [5.41, 5.74) is 0. The fourth-order valence-electron chi connectivity index (χ4n) is 1.16. The highest BCUT2D eigenvalue weighted by Crippen LogP contribution is 2.24. The van der Waals surface area contributed by atoms with Crippen LogP contribution in [0, 0.1) is 0 Å². The van der Waals surface area contributed by atoms with E-state index < -0.39 is 10.2 Å². The molecule has 0 saturated heterocycles. The van der Waals surface area contributed by atoms with E-state index in [0.29, 0.717) is 5.25 Å². The van der Waals surface area contributed by atoms with Gasteiger partial charge in [0.05, 0.1) is 16.0 Å². The molecule has 0 saturated carbocycles. The van der Waals surface area contributed by atoms with Crippen LogP contribution < -0.4 is 0 Å². The predicted octanol–water partition coefficient (Wildman–Crippen LogP) is 3.76. The molecule has 0 fully saturated rings. The Morgan fingerprint density at radius 2 is 1.92 bits per heavy atom. The third-order valence-electron chi connectivity index (χ3n) is 1.88. The molecule has 0 spiro atoms. The third-order valence-corrected chi connectivity index (χ3v) is 5.41. The molecule has 0 N–H and O–H groups in total. The second kappa shape index (κ2) is 9.22. The van der Waals surface area contributed by atoms with Gasteiger partial charge in [0.2, 0.25) is 0 Å². The molecule has 3 heteroatoms. The normalized spacial score (nSPS) is 15.7. The lowest BCUT2D eigenvalue weighted by Crippen LogP contribution is -2.07. The van der Waals surface area contributed by atoms with Crippen molar-refractivity contribution < 1.29 is 4.55 Å². The van der Waals surface area contributed by atoms with Crippen molar-refractivity contribution in [2.75, 3.05) is 5.75 Å². The molecular formula is C10H22OS2. The monoisotopic (exact) mass is 222 g/mol. The van der Waals surface area contributed by atoms with Gasteiger partial charge < -0.3 is 4.55 Å². The summed E-state index contributed by atoms with van der Waals surface area (Å²) in [4.78, 5) is 0. The molecule has 0 aliphatic rings. The fraction of sp³-hybridized carbons (Fsp3) is 1.00. The number of hydrogen-bond donors (Lipinski definition) is 0. The van der Waals surface area contributed by atoms with E-state index in [9.17, 15) is 4.55 Å². The standard InChI is InChI=1S/C10H22OS2/c1-4-6-7-9-13(11)12-10(3)8-5-2/h10H,4-9H2,1-3H3. The number of unbranched alkanes of at least 4 members (excludes halogenated alkanes) is 2. The van der Waals surface area contributed by atoms with Crippen molar-refractivity contribution in [3.8, 4) is 0 Å². The maximum atomic E-state index is 11.5. The molecule has 0 aromatic carbocycles. The first-order valence-electron chi connectivity index (χ1n) is 5.26. The molecule has 0 aromatic rings. The van der Waals surface area contributed by atoms with E-state index in [1.165, 1.54) is 25.7 Å². The Labute approximate surface area is 89.6 Å². The van der Waals surface area contributed by atoms with Crippen molar-refractivity contribution in [3.63, 3.8) is 0 Å². The van der Waals surface area contributed by atoms with Crippen molar-refractivity contribution in [2.24, 2.45) is 0 Å². The Hall–Kier alpha value is 0.660. The second-order valence-corrected chi connectivity index (χ2v) is 7.12. The Morgan fingerprint density at radius 3 is 2.46 bits per heavy atom. The molecule has 0 radical (unpaired) electrons. The van der Waals surface area contributed by atoms with Crippen LogP contribution >= 0.6 is 10.8 Å². The lowest BCUT2D eigenvalue weighted by Gasteiger charge is -2.12. The van der Waals surface area contributed by atoms with Gasteiger partial charge in [-0.1, -0.05) is 26.7 Å². The van der Waals surface area contributed by atoms with Crippen LogP contribution in [0.3, 0.4) is 0 Å². The average Bonchev–Trinajstić information content (AvgIpc) is 2.05. The molecule has 0 amide bonds. The van der Waals surface area contributed by atoms with Crippen LogP contribution in [-0.4, -0.2) is 15.6 Å². The highest BCUT2D eigenvalue weighted by atomic mass is 33.1. The molecule has 0 aliphatic carbocycles. The zero-order chi connectivity index (χ0) is 10.1. The van der Waals surface area contributed by atoms with Crippen LogP contribution in [-0.2, 0) is 10.2 Å². The zero-order valence-corrected chi connectivity index (χ0v) is 10.7. The molecule has 1 nitrogen and oxygen atoms in total. The molecule has 0 bridgehead atoms. The predicted molar refractivity (Wildman–Crippen MR) is 64.5 cm³/mol. The summed E-state index contributed by atoms with van der Waals surface area (Å²) in [5, 5.41) is 0.562. The van der Waals surface area contributed by atoms with E-state index in [1.54, 1.807) is 10.8 Å². The highest BCUT2D eigenvalue weighted by Gasteiger charge is 2.13. The van der Waals surface area contributed by atoms with Crippen molar-refractivity contribution in [3.05, 3.63) is 0 Å². The molecule has 80 valence electrons. The van der Waals surface area contributed by atoms with E-state index in [1.807, 2.05) is 0 Å². The Bertz CT molecular complexity index is 109. The Balaban J connectivity index is 3.32. The molecule has 0 heterocycles. The zero-order valence-electron chi connectivity index (χ0n) is 9.04. The van der Waals surface area contributed by atoms with Crippen molar-refractivity contribution in [2.45, 2.75) is 58.1 Å². The first kappa shape index (κ1) is 13.7. The summed E-state index contributed by atoms with van der Waals surface area (Å²) in [6.45, 7) is 6.53. The number of hydrogen-bond acceptors (Lipinski definition) is 2. The average molecular weight is 222 g/mol. The minimum absolute atomic E-state index is 0.562. The van der Waals surface area contributed by atoms with Crippen LogP contribution in [0.15, 0.2) is 0 Å². The summed E-state index contributed by atoms with van der Waals surface area (Å²) in [6, 6.07) is 0. The lowest BCUT2D eigenvalue weighted by molar-refractivity contribution is 0.604. The van der Waals surface area contributed by atoms with E-state index >= 15 is 0 Å². The third kappa shape index (κ3) is 8.98. The maximum absolute atomic E-state index is 11.5. The minimum Gasteiger partial charge on any atom is -0.605 e. The van der Waals surface area contributed by atoms with Gasteiger partial charge in [-0.15, -0.1) is 0 Å². The van der Waals surface area contributed by atoms with Crippen LogP contribution in [0.1, 0.15) is 52.9 Å². The SMILES string of the molecule is CCCCC[S+]([O-])SC(C)CCC. The highest BCUT2D eigenvalue weighted by molar-refractivity contribution is 8.72. The molecule has 0 aromatic heterocycles. The Kier molecular flexibility index (Phi) is 9.69. The van der Waals surface area contributed by atoms with Crippen LogP contribution in [0.2, 0.25) is 0 Å². The smallest absolute Gasteiger partial charge is 0.118 e. The first-order chi connectivity index (χ1) is 6.20. The minimum atomic E-state index is -0.636. The van der Waals surface area contributed by atoms with Crippen LogP contribution in [0.5, 0.6) is 0 Å². The van der Waals surface area contributed by atoms with Crippen molar-refractivity contribution in [1.29, 1.82) is 0 Å². The summed E-state index contributed by atoms with van der Waals surface area (Å²) in [5.74, 6) is 0.882. The molecule has 13 heavy (non-hydrogen) atoms. The molecular weight excluding hydrogens is 200 g/mol. The summed E-state index contributed by atoms with van der Waals surface area (Å²) in [7, 11) is 1.01. The maximum Gasteiger partial charge on any atom is 0.118 e. The summed E-state index contributed by atoms with van der Waals surface area (Å²) in [6.07, 6.45) is 5.93. The van der Waals surface area contributed by atoms with Gasteiger partial charge in [0.25, 0.3) is 0 Å². The van der Waals surface area contributed by atoms with Gasteiger partial charge in [-0.25, -0.2) is 0 Å². The number of rotatable bonds is 8. The van der Waals surface area contributed by atoms with E-state index in [-0.39, 0.29) is 0 Å². The molecule has 0 aliphatic heterocycles. The first-order valence-corrected chi connectivity index (χ1v) is 7.97. The van der Waals surface area contributed by atoms with Gasteiger partial charge in [-0.3, -0.25) is 0 Å². The van der Waals surface area contributed by atoms with Gasteiger partial charge in [0, 0.05) is 10.2 Å². The summed E-state index contributed by atoms with van der Waals surface area (Å²) < 4.78 is 11.5. The topological polar surface area (TPSA) is 23.1 Å². The fourth-order valence-corrected chi connectivity index (χ4v) is 4.42. The van der Waals surface area contributed by atoms with Crippen molar-refractivity contribution in [1.82, 2.24) is 0 Å². The van der Waals surface area contributed by atoms with E-state index in [4.69, 9.17) is 0 Å². The van der Waals surface area contributed by atoms with Crippen LogP contribution in [0.25, 0.3) is 0 Å². The molecule has 0 rings (SSSR count). The van der Waals surface area contributed by atoms with Gasteiger partial charge in [-0.05, 0) is 26.2 Å².